The van der Waals surface area contributed by atoms with Crippen molar-refractivity contribution in [2.45, 2.75) is 25.9 Å². The Morgan fingerprint density at radius 1 is 1.41 bits per heavy atom. The average molecular weight is 237 g/mol. The molecule has 0 saturated carbocycles. The normalized spacial score (nSPS) is 11.0. The number of benzene rings is 1. The van der Waals surface area contributed by atoms with Crippen LogP contribution in [-0.2, 0) is 11.3 Å². The fraction of sp³-hybridized carbons (Fsp3) is 0.364. The number of amides is 1. The van der Waals surface area contributed by atoms with Crippen molar-refractivity contribution in [1.29, 1.82) is 0 Å². The third kappa shape index (κ3) is 3.84. The van der Waals surface area contributed by atoms with Gasteiger partial charge in [-0.25, -0.2) is 0 Å². The molecule has 6 heteroatoms. The first-order valence-corrected chi connectivity index (χ1v) is 5.11. The number of carbonyl (C=O) groups is 1. The summed E-state index contributed by atoms with van der Waals surface area (Å²) in [5, 5.41) is 13.1. The maximum atomic E-state index is 11.5. The van der Waals surface area contributed by atoms with E-state index in [0.717, 1.165) is 5.56 Å². The molecule has 0 atom stereocenters. The Balaban J connectivity index is 2.59. The molecule has 1 aromatic carbocycles. The number of nitrogens with one attached hydrogen (secondary N) is 1. The van der Waals surface area contributed by atoms with Crippen LogP contribution in [-0.4, -0.2) is 16.4 Å². The van der Waals surface area contributed by atoms with Crippen LogP contribution in [0.15, 0.2) is 24.3 Å². The van der Waals surface area contributed by atoms with E-state index in [4.69, 9.17) is 5.73 Å². The average Bonchev–Trinajstić information content (AvgIpc) is 2.25. The van der Waals surface area contributed by atoms with Crippen LogP contribution >= 0.6 is 0 Å². The molecule has 0 aliphatic heterocycles. The molecule has 0 aliphatic carbocycles. The maximum Gasteiger partial charge on any atom is 0.269 e. The number of nitro benzene ring substituents is 1. The highest BCUT2D eigenvalue weighted by Gasteiger charge is 2.21. The second-order valence-electron chi connectivity index (χ2n) is 4.33. The minimum atomic E-state index is -0.930. The first-order valence-electron chi connectivity index (χ1n) is 5.11. The van der Waals surface area contributed by atoms with Crippen LogP contribution in [0.5, 0.6) is 0 Å². The van der Waals surface area contributed by atoms with E-state index in [-0.39, 0.29) is 11.6 Å². The zero-order valence-electron chi connectivity index (χ0n) is 9.77. The van der Waals surface area contributed by atoms with Crippen molar-refractivity contribution in [3.05, 3.63) is 39.9 Å². The first kappa shape index (κ1) is 13.1. The summed E-state index contributed by atoms with van der Waals surface area (Å²) >= 11 is 0. The topological polar surface area (TPSA) is 98.3 Å². The molecule has 6 nitrogen and oxygen atoms in total. The highest BCUT2D eigenvalue weighted by atomic mass is 16.6. The van der Waals surface area contributed by atoms with Gasteiger partial charge < -0.3 is 11.1 Å². The Morgan fingerprint density at radius 3 is 2.35 bits per heavy atom. The van der Waals surface area contributed by atoms with Gasteiger partial charge in [0, 0.05) is 18.7 Å². The predicted octanol–water partition coefficient (Wildman–Crippen LogP) is 0.948. The number of hydrogen-bond donors (Lipinski definition) is 2. The highest BCUT2D eigenvalue weighted by molar-refractivity contribution is 5.84. The molecule has 0 heterocycles. The standard InChI is InChI=1S/C11H15N3O3/c1-11(2,12)10(15)13-7-8-3-5-9(6-4-8)14(16)17/h3-6H,7,12H2,1-2H3,(H,13,15). The lowest BCUT2D eigenvalue weighted by Crippen LogP contribution is -2.48. The quantitative estimate of drug-likeness (QED) is 0.601. The van der Waals surface area contributed by atoms with Crippen molar-refractivity contribution in [2.24, 2.45) is 5.73 Å². The molecule has 0 fully saturated rings. The number of hydrogen-bond acceptors (Lipinski definition) is 4. The van der Waals surface area contributed by atoms with E-state index < -0.39 is 10.5 Å². The van der Waals surface area contributed by atoms with Gasteiger partial charge in [0.2, 0.25) is 5.91 Å². The van der Waals surface area contributed by atoms with E-state index in [0.29, 0.717) is 6.54 Å². The van der Waals surface area contributed by atoms with Gasteiger partial charge in [0.15, 0.2) is 0 Å². The molecule has 0 aliphatic rings. The van der Waals surface area contributed by atoms with Crippen molar-refractivity contribution in [2.75, 3.05) is 0 Å². The van der Waals surface area contributed by atoms with Crippen molar-refractivity contribution < 1.29 is 9.72 Å². The Labute approximate surface area is 99.0 Å². The van der Waals surface area contributed by atoms with Crippen molar-refractivity contribution in [3.63, 3.8) is 0 Å². The Kier molecular flexibility index (Phi) is 3.80. The fourth-order valence-corrected chi connectivity index (χ4v) is 1.15. The smallest absolute Gasteiger partial charge is 0.269 e. The minimum absolute atomic E-state index is 0.0271. The molecule has 0 radical (unpaired) electrons. The number of rotatable bonds is 4. The summed E-state index contributed by atoms with van der Waals surface area (Å²) in [4.78, 5) is 21.4. The molecule has 0 bridgehead atoms. The molecular formula is C11H15N3O3. The Morgan fingerprint density at radius 2 is 1.94 bits per heavy atom. The summed E-state index contributed by atoms with van der Waals surface area (Å²) < 4.78 is 0. The van der Waals surface area contributed by atoms with E-state index in [1.54, 1.807) is 26.0 Å². The van der Waals surface area contributed by atoms with Gasteiger partial charge in [0.1, 0.15) is 0 Å². The number of nitrogens with two attached hydrogens (primary N) is 1. The van der Waals surface area contributed by atoms with Crippen molar-refractivity contribution in [1.82, 2.24) is 5.32 Å². The molecule has 3 N–H and O–H groups in total. The van der Waals surface area contributed by atoms with Gasteiger partial charge in [-0.2, -0.15) is 0 Å². The Hall–Kier alpha value is -1.95. The van der Waals surface area contributed by atoms with Crippen molar-refractivity contribution in [3.8, 4) is 0 Å². The molecule has 0 spiro atoms. The molecule has 0 unspecified atom stereocenters. The van der Waals surface area contributed by atoms with Crippen LogP contribution in [0.2, 0.25) is 0 Å². The number of nitro groups is 1. The largest absolute Gasteiger partial charge is 0.350 e. The van der Waals surface area contributed by atoms with Gasteiger partial charge in [-0.3, -0.25) is 14.9 Å². The third-order valence-electron chi connectivity index (χ3n) is 2.19. The third-order valence-corrected chi connectivity index (χ3v) is 2.19. The van der Waals surface area contributed by atoms with E-state index in [1.165, 1.54) is 12.1 Å². The number of nitrogens with zero attached hydrogens (tertiary/aromatic N) is 1. The Bertz CT molecular complexity index is 421. The van der Waals surface area contributed by atoms with E-state index in [1.807, 2.05) is 0 Å². The van der Waals surface area contributed by atoms with E-state index in [2.05, 4.69) is 5.32 Å². The molecule has 0 aromatic heterocycles. The van der Waals surface area contributed by atoms with Gasteiger partial charge in [-0.15, -0.1) is 0 Å². The molecule has 1 aromatic rings. The van der Waals surface area contributed by atoms with Crippen LogP contribution < -0.4 is 11.1 Å². The van der Waals surface area contributed by atoms with Crippen LogP contribution in [0.3, 0.4) is 0 Å². The van der Waals surface area contributed by atoms with Gasteiger partial charge in [-0.1, -0.05) is 12.1 Å². The predicted molar refractivity (Wildman–Crippen MR) is 63.2 cm³/mol. The number of carbonyl (C=O) groups excluding carboxylic acids is 1. The lowest BCUT2D eigenvalue weighted by atomic mass is 10.1. The van der Waals surface area contributed by atoms with Gasteiger partial charge in [-0.05, 0) is 19.4 Å². The van der Waals surface area contributed by atoms with E-state index >= 15 is 0 Å². The molecule has 92 valence electrons. The molecular weight excluding hydrogens is 222 g/mol. The second-order valence-corrected chi connectivity index (χ2v) is 4.33. The van der Waals surface area contributed by atoms with Crippen LogP contribution in [0.4, 0.5) is 5.69 Å². The fourth-order valence-electron chi connectivity index (χ4n) is 1.15. The van der Waals surface area contributed by atoms with Gasteiger partial charge in [0.25, 0.3) is 5.69 Å². The highest BCUT2D eigenvalue weighted by Crippen LogP contribution is 2.11. The summed E-state index contributed by atoms with van der Waals surface area (Å²) in [5.41, 5.74) is 5.49. The molecule has 17 heavy (non-hydrogen) atoms. The summed E-state index contributed by atoms with van der Waals surface area (Å²) in [6, 6.07) is 5.99. The molecule has 1 rings (SSSR count). The van der Waals surface area contributed by atoms with Crippen molar-refractivity contribution >= 4 is 11.6 Å². The van der Waals surface area contributed by atoms with Crippen LogP contribution in [0.1, 0.15) is 19.4 Å². The summed E-state index contributed by atoms with van der Waals surface area (Å²) in [6.07, 6.45) is 0. The first-order chi connectivity index (χ1) is 7.80. The minimum Gasteiger partial charge on any atom is -0.350 e. The maximum absolute atomic E-state index is 11.5. The lowest BCUT2D eigenvalue weighted by molar-refractivity contribution is -0.384. The zero-order valence-corrected chi connectivity index (χ0v) is 9.77. The summed E-state index contributed by atoms with van der Waals surface area (Å²) in [6.45, 7) is 3.52. The lowest BCUT2D eigenvalue weighted by Gasteiger charge is -2.17. The van der Waals surface area contributed by atoms with E-state index in [9.17, 15) is 14.9 Å². The molecule has 1 amide bonds. The van der Waals surface area contributed by atoms with Crippen LogP contribution in [0.25, 0.3) is 0 Å². The zero-order chi connectivity index (χ0) is 13.1. The summed E-state index contributed by atoms with van der Waals surface area (Å²) in [5.74, 6) is -0.268. The monoisotopic (exact) mass is 237 g/mol. The summed E-state index contributed by atoms with van der Waals surface area (Å²) in [7, 11) is 0. The SMILES string of the molecule is CC(C)(N)C(=O)NCc1ccc([N+](=O)[O-])cc1. The number of non-ortho nitro benzene ring substituents is 1. The molecule has 0 saturated heterocycles. The van der Waals surface area contributed by atoms with Gasteiger partial charge in [0.05, 0.1) is 10.5 Å². The van der Waals surface area contributed by atoms with Gasteiger partial charge >= 0.3 is 0 Å². The van der Waals surface area contributed by atoms with Crippen LogP contribution in [0, 0.1) is 10.1 Å². The second kappa shape index (κ2) is 4.92.